The molecule has 0 spiro atoms. The second kappa shape index (κ2) is 8.33. The van der Waals surface area contributed by atoms with E-state index in [2.05, 4.69) is 20.8 Å². The number of aryl methyl sites for hydroxylation is 2. The van der Waals surface area contributed by atoms with Gasteiger partial charge in [-0.25, -0.2) is 4.79 Å². The molecule has 0 saturated heterocycles. The number of amides is 2. The molecular formula is C17H24N4O2. The molecule has 124 valence electrons. The molecule has 0 saturated carbocycles. The number of carbonyl (C=O) groups is 1. The Bertz CT molecular complexity index is 605. The highest BCUT2D eigenvalue weighted by Gasteiger charge is 2.15. The number of nitrogens with zero attached hydrogens (tertiary/aromatic N) is 1. The first-order valence-electron chi connectivity index (χ1n) is 7.82. The minimum atomic E-state index is -0.225. The molecule has 1 aromatic heterocycles. The van der Waals surface area contributed by atoms with Crippen LogP contribution in [0.5, 0.6) is 0 Å². The van der Waals surface area contributed by atoms with Gasteiger partial charge in [0.25, 0.3) is 0 Å². The summed E-state index contributed by atoms with van der Waals surface area (Å²) in [5.41, 5.74) is 3.89. The van der Waals surface area contributed by atoms with Gasteiger partial charge in [-0.1, -0.05) is 30.3 Å². The maximum atomic E-state index is 12.2. The molecule has 0 bridgehead atoms. The van der Waals surface area contributed by atoms with Gasteiger partial charge in [-0.05, 0) is 32.3 Å². The van der Waals surface area contributed by atoms with Crippen LogP contribution < -0.4 is 10.6 Å². The summed E-state index contributed by atoms with van der Waals surface area (Å²) >= 11 is 0. The molecule has 1 atom stereocenters. The highest BCUT2D eigenvalue weighted by Crippen LogP contribution is 2.18. The molecule has 0 fully saturated rings. The van der Waals surface area contributed by atoms with Gasteiger partial charge >= 0.3 is 6.03 Å². The van der Waals surface area contributed by atoms with E-state index in [4.69, 9.17) is 5.11 Å². The van der Waals surface area contributed by atoms with Crippen molar-refractivity contribution in [2.45, 2.75) is 39.3 Å². The van der Waals surface area contributed by atoms with Crippen LogP contribution in [0.4, 0.5) is 4.79 Å². The molecule has 0 aliphatic rings. The van der Waals surface area contributed by atoms with Crippen LogP contribution in [-0.4, -0.2) is 27.9 Å². The summed E-state index contributed by atoms with van der Waals surface area (Å²) in [6, 6.07) is 9.45. The van der Waals surface area contributed by atoms with Crippen LogP contribution in [0.25, 0.3) is 0 Å². The molecule has 2 aromatic rings. The van der Waals surface area contributed by atoms with Crippen molar-refractivity contribution >= 4 is 6.03 Å². The molecule has 2 amide bonds. The second-order valence-electron chi connectivity index (χ2n) is 5.57. The number of hydrogen-bond acceptors (Lipinski definition) is 3. The Labute approximate surface area is 136 Å². The lowest BCUT2D eigenvalue weighted by Gasteiger charge is -2.19. The van der Waals surface area contributed by atoms with Gasteiger partial charge < -0.3 is 15.7 Å². The Morgan fingerprint density at radius 2 is 2.04 bits per heavy atom. The van der Waals surface area contributed by atoms with Gasteiger partial charge in [0.2, 0.25) is 0 Å². The van der Waals surface area contributed by atoms with E-state index in [0.717, 1.165) is 22.5 Å². The molecule has 1 heterocycles. The van der Waals surface area contributed by atoms with Gasteiger partial charge in [0.1, 0.15) is 0 Å². The van der Waals surface area contributed by atoms with Crippen LogP contribution in [0.15, 0.2) is 30.3 Å². The summed E-state index contributed by atoms with van der Waals surface area (Å²) < 4.78 is 0. The van der Waals surface area contributed by atoms with E-state index in [-0.39, 0.29) is 18.7 Å². The first-order chi connectivity index (χ1) is 11.1. The van der Waals surface area contributed by atoms with Gasteiger partial charge in [-0.2, -0.15) is 5.10 Å². The van der Waals surface area contributed by atoms with E-state index in [1.165, 1.54) is 0 Å². The van der Waals surface area contributed by atoms with Crippen LogP contribution in [0.3, 0.4) is 0 Å². The lowest BCUT2D eigenvalue weighted by molar-refractivity contribution is 0.232. The standard InChI is InChI=1S/C17H24N4O2/c1-12-15(13(2)21-20-12)11-18-17(23)19-16(9-6-10-22)14-7-4-3-5-8-14/h3-5,7-8,16,22H,6,9-11H2,1-2H3,(H,20,21)(H2,18,19,23). The number of benzene rings is 1. The topological polar surface area (TPSA) is 90.0 Å². The lowest BCUT2D eigenvalue weighted by atomic mass is 10.0. The molecule has 2 rings (SSSR count). The van der Waals surface area contributed by atoms with Crippen molar-refractivity contribution in [2.75, 3.05) is 6.61 Å². The van der Waals surface area contributed by atoms with Crippen molar-refractivity contribution in [2.24, 2.45) is 0 Å². The third kappa shape index (κ3) is 4.82. The minimum Gasteiger partial charge on any atom is -0.396 e. The summed E-state index contributed by atoms with van der Waals surface area (Å²) in [5, 5.41) is 21.9. The summed E-state index contributed by atoms with van der Waals surface area (Å²) in [6.45, 7) is 4.39. The zero-order valence-corrected chi connectivity index (χ0v) is 13.6. The molecular weight excluding hydrogens is 292 g/mol. The maximum Gasteiger partial charge on any atom is 0.315 e. The molecule has 6 heteroatoms. The van der Waals surface area contributed by atoms with Gasteiger partial charge in [0, 0.05) is 24.4 Å². The fraction of sp³-hybridized carbons (Fsp3) is 0.412. The molecule has 0 radical (unpaired) electrons. The minimum absolute atomic E-state index is 0.111. The van der Waals surface area contributed by atoms with E-state index in [0.29, 0.717) is 19.4 Å². The average Bonchev–Trinajstić information content (AvgIpc) is 2.88. The second-order valence-corrected chi connectivity index (χ2v) is 5.57. The van der Waals surface area contributed by atoms with E-state index in [9.17, 15) is 4.79 Å². The summed E-state index contributed by atoms with van der Waals surface area (Å²) in [7, 11) is 0. The highest BCUT2D eigenvalue weighted by atomic mass is 16.3. The van der Waals surface area contributed by atoms with Crippen molar-refractivity contribution in [3.8, 4) is 0 Å². The third-order valence-corrected chi connectivity index (χ3v) is 3.86. The van der Waals surface area contributed by atoms with Gasteiger partial charge in [-0.3, -0.25) is 5.10 Å². The number of aromatic amines is 1. The maximum absolute atomic E-state index is 12.2. The van der Waals surface area contributed by atoms with Crippen molar-refractivity contribution in [3.05, 3.63) is 52.8 Å². The van der Waals surface area contributed by atoms with E-state index in [1.54, 1.807) is 0 Å². The number of aliphatic hydroxyl groups is 1. The molecule has 6 nitrogen and oxygen atoms in total. The smallest absolute Gasteiger partial charge is 0.315 e. The van der Waals surface area contributed by atoms with Crippen molar-refractivity contribution in [1.29, 1.82) is 0 Å². The molecule has 4 N–H and O–H groups in total. The number of nitrogens with one attached hydrogen (secondary N) is 3. The van der Waals surface area contributed by atoms with Crippen LogP contribution in [-0.2, 0) is 6.54 Å². The quantitative estimate of drug-likeness (QED) is 0.632. The Hall–Kier alpha value is -2.34. The number of carbonyl (C=O) groups excluding carboxylic acids is 1. The van der Waals surface area contributed by atoms with Gasteiger partial charge in [-0.15, -0.1) is 0 Å². The van der Waals surface area contributed by atoms with Crippen LogP contribution in [0.2, 0.25) is 0 Å². The SMILES string of the molecule is Cc1n[nH]c(C)c1CNC(=O)NC(CCCO)c1ccccc1. The van der Waals surface area contributed by atoms with Gasteiger partial charge in [0.15, 0.2) is 0 Å². The zero-order chi connectivity index (χ0) is 16.7. The molecule has 23 heavy (non-hydrogen) atoms. The van der Waals surface area contributed by atoms with Gasteiger partial charge in [0.05, 0.1) is 11.7 Å². The van der Waals surface area contributed by atoms with Crippen LogP contribution >= 0.6 is 0 Å². The van der Waals surface area contributed by atoms with Crippen molar-refractivity contribution in [1.82, 2.24) is 20.8 Å². The number of urea groups is 1. The number of aliphatic hydroxyl groups excluding tert-OH is 1. The summed E-state index contributed by atoms with van der Waals surface area (Å²) in [6.07, 6.45) is 1.33. The Balaban J connectivity index is 1.95. The summed E-state index contributed by atoms with van der Waals surface area (Å²) in [4.78, 5) is 12.2. The molecule has 0 aliphatic heterocycles. The van der Waals surface area contributed by atoms with E-state index in [1.807, 2.05) is 44.2 Å². The number of hydrogen-bond donors (Lipinski definition) is 4. The molecule has 1 unspecified atom stereocenters. The van der Waals surface area contributed by atoms with Crippen LogP contribution in [0.1, 0.15) is 41.4 Å². The number of aromatic nitrogens is 2. The monoisotopic (exact) mass is 316 g/mol. The van der Waals surface area contributed by atoms with E-state index >= 15 is 0 Å². The lowest BCUT2D eigenvalue weighted by Crippen LogP contribution is -2.37. The van der Waals surface area contributed by atoms with E-state index < -0.39 is 0 Å². The van der Waals surface area contributed by atoms with Crippen LogP contribution in [0, 0.1) is 13.8 Å². The predicted octanol–water partition coefficient (Wildman–Crippen LogP) is 2.34. The number of rotatable bonds is 7. The van der Waals surface area contributed by atoms with Crippen molar-refractivity contribution < 1.29 is 9.90 Å². The largest absolute Gasteiger partial charge is 0.396 e. The average molecular weight is 316 g/mol. The molecule has 1 aromatic carbocycles. The third-order valence-electron chi connectivity index (χ3n) is 3.86. The fourth-order valence-corrected chi connectivity index (χ4v) is 2.52. The first kappa shape index (κ1) is 17.0. The highest BCUT2D eigenvalue weighted by molar-refractivity contribution is 5.74. The Morgan fingerprint density at radius 1 is 1.30 bits per heavy atom. The van der Waals surface area contributed by atoms with Crippen molar-refractivity contribution in [3.63, 3.8) is 0 Å². The molecule has 0 aliphatic carbocycles. The normalized spacial score (nSPS) is 12.0. The fourth-order valence-electron chi connectivity index (χ4n) is 2.52. The predicted molar refractivity (Wildman–Crippen MR) is 88.9 cm³/mol. The Kier molecular flexibility index (Phi) is 6.17. The zero-order valence-electron chi connectivity index (χ0n) is 13.6. The summed E-state index contributed by atoms with van der Waals surface area (Å²) in [5.74, 6) is 0. The Morgan fingerprint density at radius 3 is 2.65 bits per heavy atom. The first-order valence-corrected chi connectivity index (χ1v) is 7.82. The number of H-pyrrole nitrogens is 1.